The maximum absolute atomic E-state index is 12.4. The lowest BCUT2D eigenvalue weighted by molar-refractivity contribution is -0.161. The first kappa shape index (κ1) is 18.2. The number of hydrogen-bond acceptors (Lipinski definition) is 5. The van der Waals surface area contributed by atoms with Gasteiger partial charge >= 0.3 is 5.97 Å². The van der Waals surface area contributed by atoms with Crippen molar-refractivity contribution in [3.63, 3.8) is 0 Å². The molecule has 7 heteroatoms. The number of nitrogens with zero attached hydrogens (tertiary/aromatic N) is 2. The molecule has 1 aromatic carbocycles. The number of amides is 2. The third-order valence-corrected chi connectivity index (χ3v) is 4.89. The second-order valence-electron chi connectivity index (χ2n) is 6.69. The highest BCUT2D eigenvalue weighted by molar-refractivity contribution is 6.00. The predicted molar refractivity (Wildman–Crippen MR) is 94.8 cm³/mol. The standard InChI is InChI=1S/C19H24N2O5/c1-13(18(23)20-9-5-6-10-20)26-19(24)14-11-17(22)21(12-14)15-7-3-4-8-16(15)25-2/h3-4,7-8,13-14H,5-6,9-12H2,1-2H3/t13-,14+/m0/s1. The lowest BCUT2D eigenvalue weighted by atomic mass is 10.1. The van der Waals surface area contributed by atoms with E-state index in [9.17, 15) is 14.4 Å². The molecule has 0 aromatic heterocycles. The minimum absolute atomic E-state index is 0.0709. The van der Waals surface area contributed by atoms with Crippen LogP contribution < -0.4 is 9.64 Å². The van der Waals surface area contributed by atoms with Crippen molar-refractivity contribution < 1.29 is 23.9 Å². The van der Waals surface area contributed by atoms with Crippen LogP contribution in [0.4, 0.5) is 5.69 Å². The predicted octanol–water partition coefficient (Wildman–Crippen LogP) is 1.60. The van der Waals surface area contributed by atoms with Gasteiger partial charge in [-0.25, -0.2) is 0 Å². The number of benzene rings is 1. The van der Waals surface area contributed by atoms with Gasteiger partial charge in [-0.15, -0.1) is 0 Å². The van der Waals surface area contributed by atoms with Gasteiger partial charge in [0.05, 0.1) is 18.7 Å². The third-order valence-electron chi connectivity index (χ3n) is 4.89. The highest BCUT2D eigenvalue weighted by Gasteiger charge is 2.38. The van der Waals surface area contributed by atoms with E-state index in [-0.39, 0.29) is 24.8 Å². The van der Waals surface area contributed by atoms with E-state index in [1.54, 1.807) is 24.0 Å². The fourth-order valence-electron chi connectivity index (χ4n) is 3.47. The van der Waals surface area contributed by atoms with Gasteiger partial charge in [-0.1, -0.05) is 12.1 Å². The molecule has 2 saturated heterocycles. The van der Waals surface area contributed by atoms with E-state index >= 15 is 0 Å². The summed E-state index contributed by atoms with van der Waals surface area (Å²) in [5, 5.41) is 0. The van der Waals surface area contributed by atoms with E-state index < -0.39 is 18.0 Å². The smallest absolute Gasteiger partial charge is 0.312 e. The molecule has 2 amide bonds. The number of carbonyl (C=O) groups is 3. The molecule has 26 heavy (non-hydrogen) atoms. The van der Waals surface area contributed by atoms with Crippen molar-refractivity contribution in [1.29, 1.82) is 0 Å². The molecule has 0 aliphatic carbocycles. The minimum Gasteiger partial charge on any atom is -0.495 e. The number of para-hydroxylation sites is 2. The zero-order valence-electron chi connectivity index (χ0n) is 15.1. The second kappa shape index (κ2) is 7.76. The number of anilines is 1. The molecule has 7 nitrogen and oxygen atoms in total. The van der Waals surface area contributed by atoms with Gasteiger partial charge in [0, 0.05) is 26.1 Å². The Balaban J connectivity index is 1.62. The molecule has 0 spiro atoms. The van der Waals surface area contributed by atoms with Crippen molar-refractivity contribution in [2.24, 2.45) is 5.92 Å². The van der Waals surface area contributed by atoms with E-state index in [1.807, 2.05) is 12.1 Å². The molecule has 2 aliphatic heterocycles. The Morgan fingerprint density at radius 1 is 1.19 bits per heavy atom. The van der Waals surface area contributed by atoms with Gasteiger partial charge in [-0.2, -0.15) is 0 Å². The van der Waals surface area contributed by atoms with Crippen LogP contribution in [0.1, 0.15) is 26.2 Å². The second-order valence-corrected chi connectivity index (χ2v) is 6.69. The molecule has 1 aromatic rings. The summed E-state index contributed by atoms with van der Waals surface area (Å²) in [5.41, 5.74) is 0.636. The molecule has 0 saturated carbocycles. The Morgan fingerprint density at radius 3 is 2.58 bits per heavy atom. The zero-order chi connectivity index (χ0) is 18.7. The van der Waals surface area contributed by atoms with E-state index in [0.717, 1.165) is 12.8 Å². The van der Waals surface area contributed by atoms with Crippen LogP contribution >= 0.6 is 0 Å². The number of likely N-dealkylation sites (tertiary alicyclic amines) is 1. The summed E-state index contributed by atoms with van der Waals surface area (Å²) < 4.78 is 10.7. The fraction of sp³-hybridized carbons (Fsp3) is 0.526. The van der Waals surface area contributed by atoms with E-state index in [4.69, 9.17) is 9.47 Å². The first-order valence-corrected chi connectivity index (χ1v) is 8.94. The molecule has 2 heterocycles. The van der Waals surface area contributed by atoms with E-state index in [1.165, 1.54) is 12.0 Å². The van der Waals surface area contributed by atoms with Gasteiger partial charge in [0.25, 0.3) is 5.91 Å². The molecule has 0 N–H and O–H groups in total. The van der Waals surface area contributed by atoms with Crippen molar-refractivity contribution in [2.45, 2.75) is 32.3 Å². The van der Waals surface area contributed by atoms with Crippen LogP contribution in [-0.4, -0.2) is 55.5 Å². The Bertz CT molecular complexity index is 699. The molecule has 0 unspecified atom stereocenters. The first-order chi connectivity index (χ1) is 12.5. The van der Waals surface area contributed by atoms with Crippen LogP contribution in [0.5, 0.6) is 5.75 Å². The third kappa shape index (κ3) is 3.66. The summed E-state index contributed by atoms with van der Waals surface area (Å²) in [7, 11) is 1.54. The molecule has 140 valence electrons. The number of esters is 1. The summed E-state index contributed by atoms with van der Waals surface area (Å²) in [6.07, 6.45) is 1.21. The van der Waals surface area contributed by atoms with Gasteiger partial charge in [-0.05, 0) is 31.9 Å². The van der Waals surface area contributed by atoms with E-state index in [2.05, 4.69) is 0 Å². The van der Waals surface area contributed by atoms with Crippen molar-refractivity contribution in [2.75, 3.05) is 31.6 Å². The molecule has 0 radical (unpaired) electrons. The number of methoxy groups -OCH3 is 1. The maximum atomic E-state index is 12.4. The Kier molecular flexibility index (Phi) is 5.44. The lowest BCUT2D eigenvalue weighted by Crippen LogP contribution is -2.39. The highest BCUT2D eigenvalue weighted by atomic mass is 16.5. The van der Waals surface area contributed by atoms with Crippen molar-refractivity contribution in [1.82, 2.24) is 4.90 Å². The van der Waals surface area contributed by atoms with Crippen LogP contribution in [0.2, 0.25) is 0 Å². The van der Waals surface area contributed by atoms with E-state index in [0.29, 0.717) is 24.5 Å². The van der Waals surface area contributed by atoms with Crippen molar-refractivity contribution in [3.8, 4) is 5.75 Å². The molecule has 2 atom stereocenters. The van der Waals surface area contributed by atoms with Crippen LogP contribution in [-0.2, 0) is 19.1 Å². The van der Waals surface area contributed by atoms with Gasteiger partial charge in [0.15, 0.2) is 6.10 Å². The summed E-state index contributed by atoms with van der Waals surface area (Å²) in [6, 6.07) is 7.18. The number of rotatable bonds is 5. The quantitative estimate of drug-likeness (QED) is 0.746. The van der Waals surface area contributed by atoms with Crippen molar-refractivity contribution in [3.05, 3.63) is 24.3 Å². The molecule has 0 bridgehead atoms. The SMILES string of the molecule is COc1ccccc1N1C[C@H](C(=O)O[C@@H](C)C(=O)N2CCCC2)CC1=O. The molecular formula is C19H24N2O5. The molecule has 2 fully saturated rings. The number of carbonyl (C=O) groups excluding carboxylic acids is 3. The summed E-state index contributed by atoms with van der Waals surface area (Å²) in [6.45, 7) is 3.24. The number of hydrogen-bond donors (Lipinski definition) is 0. The maximum Gasteiger partial charge on any atom is 0.312 e. The van der Waals surface area contributed by atoms with Crippen LogP contribution in [0.15, 0.2) is 24.3 Å². The van der Waals surface area contributed by atoms with Gasteiger partial charge in [0.1, 0.15) is 5.75 Å². The fourth-order valence-corrected chi connectivity index (χ4v) is 3.47. The Hall–Kier alpha value is -2.57. The average Bonchev–Trinajstić information content (AvgIpc) is 3.30. The normalized spacial score (nSPS) is 21.0. The zero-order valence-corrected chi connectivity index (χ0v) is 15.1. The van der Waals surface area contributed by atoms with Crippen LogP contribution in [0.3, 0.4) is 0 Å². The van der Waals surface area contributed by atoms with Crippen molar-refractivity contribution >= 4 is 23.5 Å². The highest BCUT2D eigenvalue weighted by Crippen LogP contribution is 2.33. The lowest BCUT2D eigenvalue weighted by Gasteiger charge is -2.22. The molecular weight excluding hydrogens is 336 g/mol. The van der Waals surface area contributed by atoms with Crippen LogP contribution in [0, 0.1) is 5.92 Å². The topological polar surface area (TPSA) is 76.2 Å². The summed E-state index contributed by atoms with van der Waals surface area (Å²) in [5.74, 6) is -0.832. The van der Waals surface area contributed by atoms with Crippen LogP contribution in [0.25, 0.3) is 0 Å². The van der Waals surface area contributed by atoms with Gasteiger partial charge in [-0.3, -0.25) is 14.4 Å². The Morgan fingerprint density at radius 2 is 1.88 bits per heavy atom. The summed E-state index contributed by atoms with van der Waals surface area (Å²) in [4.78, 5) is 40.4. The summed E-state index contributed by atoms with van der Waals surface area (Å²) >= 11 is 0. The molecule has 2 aliphatic rings. The first-order valence-electron chi connectivity index (χ1n) is 8.94. The van der Waals surface area contributed by atoms with Gasteiger partial charge < -0.3 is 19.3 Å². The molecule has 3 rings (SSSR count). The minimum atomic E-state index is -0.823. The average molecular weight is 360 g/mol. The largest absolute Gasteiger partial charge is 0.495 e. The monoisotopic (exact) mass is 360 g/mol. The van der Waals surface area contributed by atoms with Gasteiger partial charge in [0.2, 0.25) is 5.91 Å². The number of ether oxygens (including phenoxy) is 2. The Labute approximate surface area is 152 Å².